The molecule has 1 aromatic heterocycles. The molecule has 0 saturated heterocycles. The number of nitrogens with one attached hydrogen (secondary N) is 1. The number of imidazole rings is 1. The number of aromatic nitrogens is 2. The summed E-state index contributed by atoms with van der Waals surface area (Å²) in [5.74, 6) is -0.0832. The second-order valence-electron chi connectivity index (χ2n) is 3.79. The molecule has 0 aliphatic carbocycles. The third kappa shape index (κ3) is 3.41. The highest BCUT2D eigenvalue weighted by Gasteiger charge is 2.20. The van der Waals surface area contributed by atoms with E-state index in [1.54, 1.807) is 6.92 Å². The summed E-state index contributed by atoms with van der Waals surface area (Å²) in [6.07, 6.45) is 2.73. The molecule has 0 unspecified atom stereocenters. The number of H-pyrrole nitrogens is 1. The van der Waals surface area contributed by atoms with Gasteiger partial charge in [0.15, 0.2) is 11.5 Å². The van der Waals surface area contributed by atoms with Crippen LogP contribution in [0.5, 0.6) is 0 Å². The molecule has 94 valence electrons. The second kappa shape index (κ2) is 6.18. The SMILES string of the molecule is CCCCc1nc(C(C)=O)c(C(=O)OCC)[nH]1. The minimum absolute atomic E-state index is 0.172. The molecule has 5 nitrogen and oxygen atoms in total. The summed E-state index contributed by atoms with van der Waals surface area (Å²) in [5, 5.41) is 0. The van der Waals surface area contributed by atoms with Gasteiger partial charge in [0.1, 0.15) is 11.5 Å². The van der Waals surface area contributed by atoms with E-state index in [2.05, 4.69) is 16.9 Å². The van der Waals surface area contributed by atoms with Gasteiger partial charge in [-0.25, -0.2) is 9.78 Å². The maximum absolute atomic E-state index is 11.6. The number of unbranched alkanes of at least 4 members (excludes halogenated alkanes) is 1. The number of nitrogens with zero attached hydrogens (tertiary/aromatic N) is 1. The largest absolute Gasteiger partial charge is 0.461 e. The lowest BCUT2D eigenvalue weighted by Gasteiger charge is -1.99. The first kappa shape index (κ1) is 13.4. The quantitative estimate of drug-likeness (QED) is 0.608. The van der Waals surface area contributed by atoms with Crippen LogP contribution in [0.3, 0.4) is 0 Å². The first-order chi connectivity index (χ1) is 8.10. The summed E-state index contributed by atoms with van der Waals surface area (Å²) >= 11 is 0. The number of hydrogen-bond acceptors (Lipinski definition) is 4. The van der Waals surface area contributed by atoms with Crippen LogP contribution >= 0.6 is 0 Å². The van der Waals surface area contributed by atoms with Crippen molar-refractivity contribution < 1.29 is 14.3 Å². The van der Waals surface area contributed by atoms with E-state index in [-0.39, 0.29) is 23.8 Å². The van der Waals surface area contributed by atoms with Gasteiger partial charge in [0.05, 0.1) is 6.61 Å². The average Bonchev–Trinajstić information content (AvgIpc) is 2.71. The lowest BCUT2D eigenvalue weighted by atomic mass is 10.2. The number of esters is 1. The molecule has 0 aliphatic heterocycles. The van der Waals surface area contributed by atoms with Gasteiger partial charge < -0.3 is 9.72 Å². The molecule has 0 bridgehead atoms. The van der Waals surface area contributed by atoms with E-state index in [0.29, 0.717) is 5.82 Å². The number of carbonyl (C=O) groups excluding carboxylic acids is 2. The number of ether oxygens (including phenoxy) is 1. The number of aromatic amines is 1. The molecule has 5 heteroatoms. The highest BCUT2D eigenvalue weighted by molar-refractivity contribution is 6.02. The summed E-state index contributed by atoms with van der Waals surface area (Å²) in [6, 6.07) is 0. The van der Waals surface area contributed by atoms with Crippen molar-refractivity contribution in [2.24, 2.45) is 0 Å². The topological polar surface area (TPSA) is 72.1 Å². The Balaban J connectivity index is 2.96. The molecular weight excluding hydrogens is 220 g/mol. The maximum Gasteiger partial charge on any atom is 0.357 e. The van der Waals surface area contributed by atoms with Gasteiger partial charge in [-0.15, -0.1) is 0 Å². The van der Waals surface area contributed by atoms with Gasteiger partial charge in [-0.2, -0.15) is 0 Å². The smallest absolute Gasteiger partial charge is 0.357 e. The van der Waals surface area contributed by atoms with E-state index in [4.69, 9.17) is 4.74 Å². The van der Waals surface area contributed by atoms with Gasteiger partial charge in [-0.1, -0.05) is 13.3 Å². The number of aryl methyl sites for hydroxylation is 1. The number of ketones is 1. The van der Waals surface area contributed by atoms with E-state index < -0.39 is 5.97 Å². The summed E-state index contributed by atoms with van der Waals surface area (Å²) in [4.78, 5) is 30.0. The van der Waals surface area contributed by atoms with Gasteiger partial charge in [0, 0.05) is 13.3 Å². The average molecular weight is 238 g/mol. The van der Waals surface area contributed by atoms with Crippen LogP contribution < -0.4 is 0 Å². The minimum atomic E-state index is -0.520. The lowest BCUT2D eigenvalue weighted by Crippen LogP contribution is -2.10. The molecule has 0 amide bonds. The van der Waals surface area contributed by atoms with Crippen molar-refractivity contribution in [3.05, 3.63) is 17.2 Å². The van der Waals surface area contributed by atoms with E-state index in [0.717, 1.165) is 19.3 Å². The number of hydrogen-bond donors (Lipinski definition) is 1. The third-order valence-corrected chi connectivity index (χ3v) is 2.33. The predicted molar refractivity (Wildman–Crippen MR) is 63.2 cm³/mol. The lowest BCUT2D eigenvalue weighted by molar-refractivity contribution is 0.0516. The van der Waals surface area contributed by atoms with E-state index >= 15 is 0 Å². The summed E-state index contributed by atoms with van der Waals surface area (Å²) < 4.78 is 4.87. The molecule has 0 spiro atoms. The zero-order valence-corrected chi connectivity index (χ0v) is 10.5. The Morgan fingerprint density at radius 3 is 2.59 bits per heavy atom. The number of carbonyl (C=O) groups is 2. The van der Waals surface area contributed by atoms with Crippen LogP contribution in [-0.2, 0) is 11.2 Å². The van der Waals surface area contributed by atoms with Crippen molar-refractivity contribution in [1.29, 1.82) is 0 Å². The van der Waals surface area contributed by atoms with E-state index in [1.165, 1.54) is 6.92 Å². The van der Waals surface area contributed by atoms with Gasteiger partial charge in [0.2, 0.25) is 0 Å². The Kier molecular flexibility index (Phi) is 4.87. The maximum atomic E-state index is 11.6. The molecule has 0 radical (unpaired) electrons. The Labute approximate surface area is 101 Å². The fraction of sp³-hybridized carbons (Fsp3) is 0.583. The fourth-order valence-corrected chi connectivity index (χ4v) is 1.49. The standard InChI is InChI=1S/C12H18N2O3/c1-4-6-7-9-13-10(8(3)15)11(14-9)12(16)17-5-2/h4-7H2,1-3H3,(H,13,14). The molecule has 0 atom stereocenters. The first-order valence-electron chi connectivity index (χ1n) is 5.87. The van der Waals surface area contributed by atoms with Gasteiger partial charge in [0.25, 0.3) is 0 Å². The summed E-state index contributed by atoms with van der Waals surface area (Å²) in [6.45, 7) is 5.46. The van der Waals surface area contributed by atoms with Crippen molar-refractivity contribution in [1.82, 2.24) is 9.97 Å². The van der Waals surface area contributed by atoms with Crippen LogP contribution in [0.15, 0.2) is 0 Å². The third-order valence-electron chi connectivity index (χ3n) is 2.33. The Hall–Kier alpha value is -1.65. The predicted octanol–water partition coefficient (Wildman–Crippen LogP) is 2.13. The van der Waals surface area contributed by atoms with Crippen molar-refractivity contribution in [3.8, 4) is 0 Å². The summed E-state index contributed by atoms with van der Waals surface area (Å²) in [5.41, 5.74) is 0.347. The molecule has 0 saturated carbocycles. The zero-order valence-electron chi connectivity index (χ0n) is 10.5. The van der Waals surface area contributed by atoms with Crippen LogP contribution in [0.1, 0.15) is 60.4 Å². The van der Waals surface area contributed by atoms with Crippen LogP contribution in [0, 0.1) is 0 Å². The minimum Gasteiger partial charge on any atom is -0.461 e. The highest BCUT2D eigenvalue weighted by atomic mass is 16.5. The molecule has 0 aliphatic rings. The molecule has 1 heterocycles. The van der Waals surface area contributed by atoms with Crippen molar-refractivity contribution in [3.63, 3.8) is 0 Å². The van der Waals surface area contributed by atoms with Gasteiger partial charge >= 0.3 is 5.97 Å². The van der Waals surface area contributed by atoms with Crippen LogP contribution in [-0.4, -0.2) is 28.3 Å². The molecule has 1 N–H and O–H groups in total. The molecular formula is C12H18N2O3. The highest BCUT2D eigenvalue weighted by Crippen LogP contribution is 2.11. The Morgan fingerprint density at radius 2 is 2.06 bits per heavy atom. The van der Waals surface area contributed by atoms with Gasteiger partial charge in [-0.05, 0) is 13.3 Å². The first-order valence-corrected chi connectivity index (χ1v) is 5.87. The monoisotopic (exact) mass is 238 g/mol. The molecule has 0 fully saturated rings. The normalized spacial score (nSPS) is 10.3. The van der Waals surface area contributed by atoms with Crippen molar-refractivity contribution >= 4 is 11.8 Å². The van der Waals surface area contributed by atoms with Crippen molar-refractivity contribution in [2.45, 2.75) is 40.0 Å². The molecule has 1 rings (SSSR count). The fourth-order valence-electron chi connectivity index (χ4n) is 1.49. The molecule has 17 heavy (non-hydrogen) atoms. The number of rotatable bonds is 6. The molecule has 1 aromatic rings. The van der Waals surface area contributed by atoms with E-state index in [1.807, 2.05) is 0 Å². The Morgan fingerprint density at radius 1 is 1.35 bits per heavy atom. The van der Waals surface area contributed by atoms with E-state index in [9.17, 15) is 9.59 Å². The van der Waals surface area contributed by atoms with Crippen LogP contribution in [0.2, 0.25) is 0 Å². The number of Topliss-reactive ketones (excluding diaryl/α,β-unsaturated/α-hetero) is 1. The molecule has 0 aromatic carbocycles. The van der Waals surface area contributed by atoms with Crippen LogP contribution in [0.25, 0.3) is 0 Å². The zero-order chi connectivity index (χ0) is 12.8. The Bertz CT molecular complexity index is 410. The van der Waals surface area contributed by atoms with Crippen LogP contribution in [0.4, 0.5) is 0 Å². The van der Waals surface area contributed by atoms with Gasteiger partial charge in [-0.3, -0.25) is 4.79 Å². The van der Waals surface area contributed by atoms with Crippen molar-refractivity contribution in [2.75, 3.05) is 6.61 Å². The second-order valence-corrected chi connectivity index (χ2v) is 3.79. The summed E-state index contributed by atoms with van der Waals surface area (Å²) in [7, 11) is 0.